The summed E-state index contributed by atoms with van der Waals surface area (Å²) in [5.41, 5.74) is 5.74. The second-order valence-electron chi connectivity index (χ2n) is 7.19. The maximum atomic E-state index is 13.4. The van der Waals surface area contributed by atoms with Gasteiger partial charge >= 0.3 is 0 Å². The van der Waals surface area contributed by atoms with Gasteiger partial charge in [-0.3, -0.25) is 9.59 Å². The van der Waals surface area contributed by atoms with E-state index in [2.05, 4.69) is 0 Å². The van der Waals surface area contributed by atoms with Crippen molar-refractivity contribution in [2.24, 2.45) is 5.73 Å². The summed E-state index contributed by atoms with van der Waals surface area (Å²) in [6.45, 7) is 0.350. The third kappa shape index (κ3) is 6.08. The average molecular weight is 478 g/mol. The van der Waals surface area contributed by atoms with E-state index in [0.717, 1.165) is 6.07 Å². The van der Waals surface area contributed by atoms with Crippen molar-refractivity contribution in [3.63, 3.8) is 0 Å². The Bertz CT molecular complexity index is 1160. The van der Waals surface area contributed by atoms with E-state index >= 15 is 0 Å². The number of hydrogen-bond donors (Lipinski definition) is 1. The van der Waals surface area contributed by atoms with Crippen molar-refractivity contribution in [2.45, 2.75) is 4.90 Å². The Labute approximate surface area is 191 Å². The van der Waals surface area contributed by atoms with Crippen LogP contribution >= 0.6 is 0 Å². The highest BCUT2D eigenvalue weighted by Crippen LogP contribution is 2.28. The molecule has 2 amide bonds. The summed E-state index contributed by atoms with van der Waals surface area (Å²) >= 11 is 0. The molecule has 0 unspecified atom stereocenters. The lowest BCUT2D eigenvalue weighted by atomic mass is 10.2. The molecule has 1 aliphatic rings. The molecule has 0 aliphatic carbocycles. The number of primary amides is 1. The molecular weight excluding hydrogens is 453 g/mol. The number of nitrogens with two attached hydrogens (primary N) is 1. The van der Waals surface area contributed by atoms with E-state index in [9.17, 15) is 22.4 Å². The number of sulfonamides is 1. The predicted molar refractivity (Wildman–Crippen MR) is 118 cm³/mol. The van der Waals surface area contributed by atoms with Gasteiger partial charge in [-0.05, 0) is 42.0 Å². The molecule has 1 fully saturated rings. The van der Waals surface area contributed by atoms with Crippen molar-refractivity contribution in [3.8, 4) is 11.5 Å². The molecule has 1 heterocycles. The molecular formula is C22H24FN3O6S. The Morgan fingerprint density at radius 3 is 2.45 bits per heavy atom. The lowest BCUT2D eigenvalue weighted by Gasteiger charge is -2.33. The maximum absolute atomic E-state index is 13.4. The Balaban J connectivity index is 1.60. The van der Waals surface area contributed by atoms with Gasteiger partial charge in [-0.2, -0.15) is 4.31 Å². The fraction of sp³-hybridized carbons (Fsp3) is 0.273. The number of carbonyl (C=O) groups is 2. The minimum atomic E-state index is -3.83. The predicted octanol–water partition coefficient (Wildman–Crippen LogP) is 1.24. The number of halogens is 1. The summed E-state index contributed by atoms with van der Waals surface area (Å²) < 4.78 is 50.6. The van der Waals surface area contributed by atoms with Crippen LogP contribution in [0.5, 0.6) is 11.5 Å². The number of nitrogens with zero attached hydrogens (tertiary/aromatic N) is 2. The van der Waals surface area contributed by atoms with Crippen molar-refractivity contribution in [1.82, 2.24) is 9.21 Å². The highest BCUT2D eigenvalue weighted by atomic mass is 32.2. The number of ether oxygens (including phenoxy) is 2. The Morgan fingerprint density at radius 1 is 1.09 bits per heavy atom. The van der Waals surface area contributed by atoms with Crippen LogP contribution in [0, 0.1) is 5.82 Å². The first-order chi connectivity index (χ1) is 15.7. The first-order valence-corrected chi connectivity index (χ1v) is 11.5. The molecule has 0 saturated carbocycles. The number of rotatable bonds is 8. The van der Waals surface area contributed by atoms with Crippen molar-refractivity contribution < 1.29 is 31.9 Å². The number of hydrogen-bond acceptors (Lipinski definition) is 6. The summed E-state index contributed by atoms with van der Waals surface area (Å²) in [6, 6.07) is 9.78. The summed E-state index contributed by atoms with van der Waals surface area (Å²) in [5.74, 6) is -0.794. The molecule has 0 spiro atoms. The summed E-state index contributed by atoms with van der Waals surface area (Å²) in [6.07, 6.45) is 2.98. The number of carbonyl (C=O) groups excluding carboxylic acids is 2. The first kappa shape index (κ1) is 24.2. The molecule has 2 aromatic carbocycles. The molecule has 2 aromatic rings. The SMILES string of the molecule is COc1cc(/C=C/C(=O)N2CCN(S(=O)(=O)c3cccc(F)c3)CC2)ccc1OCC(N)=O. The van der Waals surface area contributed by atoms with Crippen molar-refractivity contribution >= 4 is 27.9 Å². The van der Waals surface area contributed by atoms with Gasteiger partial charge in [0.2, 0.25) is 15.9 Å². The van der Waals surface area contributed by atoms with Crippen LogP contribution < -0.4 is 15.2 Å². The van der Waals surface area contributed by atoms with Gasteiger partial charge in [0.25, 0.3) is 5.91 Å². The quantitative estimate of drug-likeness (QED) is 0.572. The second-order valence-corrected chi connectivity index (χ2v) is 9.12. The molecule has 0 aromatic heterocycles. The first-order valence-electron chi connectivity index (χ1n) is 10.0. The smallest absolute Gasteiger partial charge is 0.255 e. The lowest BCUT2D eigenvalue weighted by Crippen LogP contribution is -2.50. The molecule has 1 aliphatic heterocycles. The highest BCUT2D eigenvalue weighted by molar-refractivity contribution is 7.89. The zero-order valence-corrected chi connectivity index (χ0v) is 18.8. The molecule has 3 rings (SSSR count). The second kappa shape index (κ2) is 10.5. The lowest BCUT2D eigenvalue weighted by molar-refractivity contribution is -0.127. The number of benzene rings is 2. The summed E-state index contributed by atoms with van der Waals surface area (Å²) in [4.78, 5) is 24.9. The normalized spacial score (nSPS) is 14.9. The fourth-order valence-corrected chi connectivity index (χ4v) is 4.71. The highest BCUT2D eigenvalue weighted by Gasteiger charge is 2.29. The van der Waals surface area contributed by atoms with Crippen LogP contribution in [0.15, 0.2) is 53.4 Å². The van der Waals surface area contributed by atoms with Crippen LogP contribution in [-0.4, -0.2) is 69.3 Å². The maximum Gasteiger partial charge on any atom is 0.255 e. The Kier molecular flexibility index (Phi) is 7.67. The average Bonchev–Trinajstić information content (AvgIpc) is 2.81. The standard InChI is InChI=1S/C22H24FN3O6S/c1-31-20-13-16(5-7-19(20)32-15-21(24)27)6-8-22(28)25-9-11-26(12-10-25)33(29,30)18-4-2-3-17(23)14-18/h2-8,13-14H,9-12,15H2,1H3,(H2,24,27)/b8-6+. The van der Waals surface area contributed by atoms with E-state index in [1.807, 2.05) is 0 Å². The van der Waals surface area contributed by atoms with E-state index in [1.165, 1.54) is 40.6 Å². The van der Waals surface area contributed by atoms with Gasteiger partial charge in [0, 0.05) is 32.3 Å². The molecule has 0 bridgehead atoms. The van der Waals surface area contributed by atoms with Crippen LogP contribution in [0.25, 0.3) is 6.08 Å². The molecule has 0 atom stereocenters. The van der Waals surface area contributed by atoms with Crippen molar-refractivity contribution in [2.75, 3.05) is 39.9 Å². The molecule has 176 valence electrons. The summed E-state index contributed by atoms with van der Waals surface area (Å²) in [5, 5.41) is 0. The molecule has 9 nitrogen and oxygen atoms in total. The van der Waals surface area contributed by atoms with Gasteiger partial charge in [0.1, 0.15) is 5.82 Å². The topological polar surface area (TPSA) is 119 Å². The van der Waals surface area contributed by atoms with Gasteiger partial charge in [-0.1, -0.05) is 12.1 Å². The van der Waals surface area contributed by atoms with E-state index in [4.69, 9.17) is 15.2 Å². The van der Waals surface area contributed by atoms with E-state index in [0.29, 0.717) is 17.1 Å². The zero-order valence-electron chi connectivity index (χ0n) is 17.9. The van der Waals surface area contributed by atoms with Gasteiger partial charge < -0.3 is 20.1 Å². The number of methoxy groups -OCH3 is 1. The van der Waals surface area contributed by atoms with Gasteiger partial charge in [0.15, 0.2) is 18.1 Å². The van der Waals surface area contributed by atoms with Crippen LogP contribution in [0.3, 0.4) is 0 Å². The molecule has 1 saturated heterocycles. The largest absolute Gasteiger partial charge is 0.493 e. The zero-order chi connectivity index (χ0) is 24.0. The van der Waals surface area contributed by atoms with Gasteiger partial charge in [-0.15, -0.1) is 0 Å². The molecule has 11 heteroatoms. The van der Waals surface area contributed by atoms with E-state index in [-0.39, 0.29) is 43.6 Å². The van der Waals surface area contributed by atoms with Gasteiger partial charge in [-0.25, -0.2) is 12.8 Å². The minimum Gasteiger partial charge on any atom is -0.493 e. The Hall–Kier alpha value is -3.44. The van der Waals surface area contributed by atoms with Gasteiger partial charge in [0.05, 0.1) is 12.0 Å². The molecule has 2 N–H and O–H groups in total. The fourth-order valence-electron chi connectivity index (χ4n) is 3.25. The van der Waals surface area contributed by atoms with E-state index in [1.54, 1.807) is 24.3 Å². The van der Waals surface area contributed by atoms with Crippen LogP contribution in [0.2, 0.25) is 0 Å². The number of piperazine rings is 1. The Morgan fingerprint density at radius 2 is 1.82 bits per heavy atom. The van der Waals surface area contributed by atoms with Crippen LogP contribution in [-0.2, 0) is 19.6 Å². The minimum absolute atomic E-state index is 0.109. The molecule has 0 radical (unpaired) electrons. The van der Waals surface area contributed by atoms with Crippen LogP contribution in [0.1, 0.15) is 5.56 Å². The van der Waals surface area contributed by atoms with Crippen molar-refractivity contribution in [1.29, 1.82) is 0 Å². The third-order valence-corrected chi connectivity index (χ3v) is 6.85. The summed E-state index contributed by atoms with van der Waals surface area (Å²) in [7, 11) is -2.38. The van der Waals surface area contributed by atoms with E-state index < -0.39 is 21.7 Å². The van der Waals surface area contributed by atoms with Crippen molar-refractivity contribution in [3.05, 3.63) is 59.9 Å². The number of amides is 2. The third-order valence-electron chi connectivity index (χ3n) is 4.96. The molecule has 33 heavy (non-hydrogen) atoms. The van der Waals surface area contributed by atoms with Crippen LogP contribution in [0.4, 0.5) is 4.39 Å². The monoisotopic (exact) mass is 477 g/mol.